The average molecular weight is 649 g/mol. The molecule has 20 heteroatoms. The molecule has 0 aromatic carbocycles. The molecule has 14 heterocycles. The zero-order valence-electron chi connectivity index (χ0n) is 23.0. The second-order valence-corrected chi connectivity index (χ2v) is 11.2. The van der Waals surface area contributed by atoms with Crippen LogP contribution in [0.3, 0.4) is 0 Å². The largest absolute Gasteiger partial charge is 0.394 e. The van der Waals surface area contributed by atoms with Gasteiger partial charge in [0.05, 0.1) is 26.4 Å². The molecular formula is C24H40O20. The maximum absolute atomic E-state index is 10.9. The van der Waals surface area contributed by atoms with Crippen molar-refractivity contribution in [3.05, 3.63) is 0 Å². The van der Waals surface area contributed by atoms with Crippen LogP contribution < -0.4 is 0 Å². The SMILES string of the molecule is OC[C@H]1O[C@@H]2O[C@H]3[C@H](O)[C@@H](O)[C@@H](O[C@H]4[C@H](O)[C@@H](O)C(O[C@H]5[C@H](O)[C@@H](O)C(O[C@H]1[C@H](O)[C@H]2O)O[C@@H]5CO)O[C@@H]4CO)O[C@@H]3CO. The quantitative estimate of drug-likeness (QED) is 0.135. The molecule has 2 unspecified atom stereocenters. The number of aliphatic hydroxyl groups excluding tert-OH is 12. The number of rotatable bonds is 4. The summed E-state index contributed by atoms with van der Waals surface area (Å²) in [6.07, 6.45) is -35.3. The molecule has 12 N–H and O–H groups in total. The summed E-state index contributed by atoms with van der Waals surface area (Å²) < 4.78 is 44.7. The van der Waals surface area contributed by atoms with Crippen molar-refractivity contribution in [2.75, 3.05) is 26.4 Å². The highest BCUT2D eigenvalue weighted by Gasteiger charge is 2.56. The van der Waals surface area contributed by atoms with E-state index in [1.165, 1.54) is 0 Å². The lowest BCUT2D eigenvalue weighted by atomic mass is 9.94. The molecule has 14 rings (SSSR count). The fourth-order valence-corrected chi connectivity index (χ4v) is 5.95. The molecular weight excluding hydrogens is 608 g/mol. The van der Waals surface area contributed by atoms with Crippen molar-refractivity contribution in [2.24, 2.45) is 0 Å². The third kappa shape index (κ3) is 6.25. The van der Waals surface area contributed by atoms with Gasteiger partial charge >= 0.3 is 0 Å². The van der Waals surface area contributed by atoms with Crippen molar-refractivity contribution >= 4 is 0 Å². The highest BCUT2D eigenvalue weighted by Crippen LogP contribution is 2.36. The van der Waals surface area contributed by atoms with Crippen LogP contribution in [0.4, 0.5) is 0 Å². The van der Waals surface area contributed by atoms with E-state index in [1.54, 1.807) is 0 Å². The lowest BCUT2D eigenvalue weighted by molar-refractivity contribution is -0.404. The summed E-state index contributed by atoms with van der Waals surface area (Å²) in [5.41, 5.74) is 0. The Balaban J connectivity index is 1.51. The number of hydrogen-bond acceptors (Lipinski definition) is 20. The summed E-state index contributed by atoms with van der Waals surface area (Å²) in [6.45, 7) is -3.42. The highest BCUT2D eigenvalue weighted by atomic mass is 16.8. The van der Waals surface area contributed by atoms with E-state index < -0.39 is 149 Å². The van der Waals surface area contributed by atoms with E-state index in [2.05, 4.69) is 0 Å². The van der Waals surface area contributed by atoms with Gasteiger partial charge in [-0.25, -0.2) is 0 Å². The van der Waals surface area contributed by atoms with Crippen LogP contribution in [0.25, 0.3) is 0 Å². The van der Waals surface area contributed by atoms with E-state index >= 15 is 0 Å². The Labute approximate surface area is 249 Å². The maximum atomic E-state index is 10.9. The minimum atomic E-state index is -1.96. The highest BCUT2D eigenvalue weighted by molar-refractivity contribution is 4.99. The molecule has 14 fully saturated rings. The van der Waals surface area contributed by atoms with Crippen LogP contribution in [0.5, 0.6) is 0 Å². The topological polar surface area (TPSA) is 317 Å². The van der Waals surface area contributed by atoms with Crippen molar-refractivity contribution < 1.29 is 99.2 Å². The molecule has 0 aromatic rings. The van der Waals surface area contributed by atoms with E-state index in [4.69, 9.17) is 37.9 Å². The van der Waals surface area contributed by atoms with Crippen molar-refractivity contribution in [1.82, 2.24) is 0 Å². The summed E-state index contributed by atoms with van der Waals surface area (Å²) in [5.74, 6) is 0. The molecule has 14 aliphatic rings. The molecule has 0 amide bonds. The van der Waals surface area contributed by atoms with Gasteiger partial charge in [0.2, 0.25) is 0 Å². The minimum absolute atomic E-state index is 0.854. The van der Waals surface area contributed by atoms with Gasteiger partial charge in [-0.2, -0.15) is 0 Å². The molecule has 20 nitrogen and oxygen atoms in total. The summed E-state index contributed by atoms with van der Waals surface area (Å²) >= 11 is 0. The number of aliphatic hydroxyl groups is 12. The molecule has 0 aromatic heterocycles. The molecule has 14 saturated heterocycles. The Morgan fingerprint density at radius 3 is 0.614 bits per heavy atom. The molecule has 8 bridgehead atoms. The van der Waals surface area contributed by atoms with Gasteiger partial charge in [-0.05, 0) is 0 Å². The van der Waals surface area contributed by atoms with Gasteiger partial charge in [0.15, 0.2) is 25.2 Å². The smallest absolute Gasteiger partial charge is 0.187 e. The molecule has 44 heavy (non-hydrogen) atoms. The van der Waals surface area contributed by atoms with E-state index in [9.17, 15) is 61.3 Å². The summed E-state index contributed by atoms with van der Waals surface area (Å²) in [7, 11) is 0. The fraction of sp³-hybridized carbons (Fsp3) is 1.00. The monoisotopic (exact) mass is 648 g/mol. The van der Waals surface area contributed by atoms with Crippen molar-refractivity contribution in [3.63, 3.8) is 0 Å². The lowest BCUT2D eigenvalue weighted by Crippen LogP contribution is -2.69. The van der Waals surface area contributed by atoms with Crippen LogP contribution in [-0.4, -0.2) is 211 Å². The Morgan fingerprint density at radius 1 is 0.273 bits per heavy atom. The Hall–Kier alpha value is -0.800. The van der Waals surface area contributed by atoms with Gasteiger partial charge in [-0.15, -0.1) is 0 Å². The van der Waals surface area contributed by atoms with Gasteiger partial charge in [0.1, 0.15) is 97.7 Å². The predicted molar refractivity (Wildman–Crippen MR) is 131 cm³/mol. The third-order valence-corrected chi connectivity index (χ3v) is 8.45. The number of ether oxygens (including phenoxy) is 8. The van der Waals surface area contributed by atoms with Gasteiger partial charge in [-0.1, -0.05) is 0 Å². The molecule has 0 saturated carbocycles. The van der Waals surface area contributed by atoms with Crippen LogP contribution in [-0.2, 0) is 37.9 Å². The van der Waals surface area contributed by atoms with Crippen LogP contribution in [0, 0.1) is 0 Å². The fourth-order valence-electron chi connectivity index (χ4n) is 5.95. The molecule has 256 valence electrons. The first-order valence-electron chi connectivity index (χ1n) is 14.1. The zero-order valence-corrected chi connectivity index (χ0v) is 23.0. The normalized spacial score (nSPS) is 55.4. The molecule has 20 atom stereocenters. The standard InChI is InChI=1S/C24H40O20/c25-1-5-17-9(29)13(33)21(37-5)42-18-6(2-26)39-23(15(35)11(18)31)44-20-8(4-28)40-24(16(36)12(20)32)43-19-7(3-27)38-22(41-17)14(34)10(19)30/h5-36H,1-4H2/t5-,6-,7-,8-,9-,10-,11-,12-,13-,14-,15-,16-,17-,18-,19-,20-,21-,22-,23?,24?/m1/s1. The summed E-state index contributed by atoms with van der Waals surface area (Å²) in [4.78, 5) is 0. The predicted octanol–water partition coefficient (Wildman–Crippen LogP) is -8.70. The summed E-state index contributed by atoms with van der Waals surface area (Å²) in [5, 5.41) is 127. The van der Waals surface area contributed by atoms with Crippen molar-refractivity contribution in [1.29, 1.82) is 0 Å². The maximum Gasteiger partial charge on any atom is 0.187 e. The molecule has 0 radical (unpaired) electrons. The average Bonchev–Trinajstić information content (AvgIpc) is 3.02. The van der Waals surface area contributed by atoms with Gasteiger partial charge < -0.3 is 99.2 Å². The van der Waals surface area contributed by atoms with Crippen molar-refractivity contribution in [2.45, 2.75) is 123 Å². The van der Waals surface area contributed by atoms with Gasteiger partial charge in [-0.3, -0.25) is 0 Å². The number of hydrogen-bond donors (Lipinski definition) is 12. The van der Waals surface area contributed by atoms with Crippen LogP contribution in [0.1, 0.15) is 0 Å². The van der Waals surface area contributed by atoms with E-state index in [-0.39, 0.29) is 0 Å². The molecule has 0 aliphatic carbocycles. The summed E-state index contributed by atoms with van der Waals surface area (Å²) in [6, 6.07) is 0. The Kier molecular flexibility index (Phi) is 11.1. The Bertz CT molecular complexity index is 780. The Morgan fingerprint density at radius 2 is 0.455 bits per heavy atom. The van der Waals surface area contributed by atoms with Gasteiger partial charge in [0, 0.05) is 0 Å². The van der Waals surface area contributed by atoms with E-state index in [1.807, 2.05) is 0 Å². The molecule has 14 aliphatic heterocycles. The van der Waals surface area contributed by atoms with E-state index in [0.717, 1.165) is 0 Å². The molecule has 0 spiro atoms. The van der Waals surface area contributed by atoms with Crippen LogP contribution >= 0.6 is 0 Å². The first kappa shape index (κ1) is 34.5. The first-order valence-corrected chi connectivity index (χ1v) is 14.1. The van der Waals surface area contributed by atoms with Crippen molar-refractivity contribution in [3.8, 4) is 0 Å². The lowest BCUT2D eigenvalue weighted by Gasteiger charge is -2.50. The second kappa shape index (κ2) is 14.1. The van der Waals surface area contributed by atoms with Crippen LogP contribution in [0.2, 0.25) is 0 Å². The van der Waals surface area contributed by atoms with Crippen LogP contribution in [0.15, 0.2) is 0 Å². The van der Waals surface area contributed by atoms with Gasteiger partial charge in [0.25, 0.3) is 0 Å². The zero-order chi connectivity index (χ0) is 32.0. The third-order valence-electron chi connectivity index (χ3n) is 8.45. The first-order chi connectivity index (χ1) is 20.9. The second-order valence-electron chi connectivity index (χ2n) is 11.2. The van der Waals surface area contributed by atoms with E-state index in [0.29, 0.717) is 0 Å². The minimum Gasteiger partial charge on any atom is -0.394 e.